The molecule has 0 saturated heterocycles. The van der Waals surface area contributed by atoms with E-state index in [2.05, 4.69) is 11.4 Å². The Kier molecular flexibility index (Phi) is 5.57. The number of nitrogens with one attached hydrogen (secondary N) is 1. The van der Waals surface area contributed by atoms with Gasteiger partial charge >= 0.3 is 6.09 Å². The van der Waals surface area contributed by atoms with Crippen LogP contribution >= 0.6 is 0 Å². The van der Waals surface area contributed by atoms with Crippen molar-refractivity contribution in [1.82, 2.24) is 5.32 Å². The molecule has 0 aliphatic heterocycles. The molecule has 4 heteroatoms. The Morgan fingerprint density at radius 3 is 2.55 bits per heavy atom. The summed E-state index contributed by atoms with van der Waals surface area (Å²) in [5.74, 6) is 0. The lowest BCUT2D eigenvalue weighted by atomic mass is 10.0. The van der Waals surface area contributed by atoms with Gasteiger partial charge in [0.15, 0.2) is 0 Å². The maximum Gasteiger partial charge on any atom is 0.408 e. The molecule has 2 atom stereocenters. The molecular formula is C16H26N2O2. The van der Waals surface area contributed by atoms with Crippen molar-refractivity contribution >= 4 is 6.09 Å². The average Bonchev–Trinajstić information content (AvgIpc) is 2.25. The van der Waals surface area contributed by atoms with E-state index in [-0.39, 0.29) is 12.1 Å². The van der Waals surface area contributed by atoms with Crippen molar-refractivity contribution in [2.24, 2.45) is 5.73 Å². The van der Waals surface area contributed by atoms with Crippen LogP contribution in [0.25, 0.3) is 0 Å². The Bertz CT molecular complexity index is 450. The Balaban J connectivity index is 2.67. The number of ether oxygens (including phenoxy) is 1. The third-order valence-corrected chi connectivity index (χ3v) is 2.74. The van der Waals surface area contributed by atoms with Gasteiger partial charge in [-0.2, -0.15) is 0 Å². The molecule has 0 heterocycles. The molecule has 4 nitrogen and oxygen atoms in total. The fourth-order valence-corrected chi connectivity index (χ4v) is 1.93. The minimum Gasteiger partial charge on any atom is -0.444 e. The van der Waals surface area contributed by atoms with E-state index in [4.69, 9.17) is 10.5 Å². The van der Waals surface area contributed by atoms with Crippen LogP contribution in [0.15, 0.2) is 24.3 Å². The Morgan fingerprint density at radius 2 is 2.00 bits per heavy atom. The molecule has 0 aliphatic carbocycles. The molecule has 0 aliphatic rings. The quantitative estimate of drug-likeness (QED) is 0.889. The summed E-state index contributed by atoms with van der Waals surface area (Å²) < 4.78 is 5.25. The molecule has 1 aromatic carbocycles. The van der Waals surface area contributed by atoms with Gasteiger partial charge in [0.1, 0.15) is 5.60 Å². The van der Waals surface area contributed by atoms with Gasteiger partial charge in [0.05, 0.1) is 6.04 Å². The van der Waals surface area contributed by atoms with Gasteiger partial charge in [-0.25, -0.2) is 4.79 Å². The third kappa shape index (κ3) is 6.06. The van der Waals surface area contributed by atoms with Crippen LogP contribution in [0.1, 0.15) is 51.8 Å². The van der Waals surface area contributed by atoms with Crippen molar-refractivity contribution in [3.05, 3.63) is 35.4 Å². The lowest BCUT2D eigenvalue weighted by Crippen LogP contribution is -2.34. The second-order valence-electron chi connectivity index (χ2n) is 6.29. The molecule has 0 radical (unpaired) electrons. The highest BCUT2D eigenvalue weighted by Gasteiger charge is 2.18. The predicted octanol–water partition coefficient (Wildman–Crippen LogP) is 3.16. The van der Waals surface area contributed by atoms with E-state index in [1.807, 2.05) is 52.8 Å². The highest BCUT2D eigenvalue weighted by molar-refractivity contribution is 5.68. The third-order valence-electron chi connectivity index (χ3n) is 2.74. The van der Waals surface area contributed by atoms with Crippen molar-refractivity contribution in [3.8, 4) is 0 Å². The first-order valence-electron chi connectivity index (χ1n) is 7.01. The zero-order valence-electron chi connectivity index (χ0n) is 13.1. The van der Waals surface area contributed by atoms with Crippen molar-refractivity contribution in [2.75, 3.05) is 0 Å². The second kappa shape index (κ2) is 6.75. The molecule has 0 saturated carbocycles. The van der Waals surface area contributed by atoms with Crippen molar-refractivity contribution in [3.63, 3.8) is 0 Å². The first-order chi connectivity index (χ1) is 9.17. The van der Waals surface area contributed by atoms with Gasteiger partial charge in [-0.15, -0.1) is 0 Å². The van der Waals surface area contributed by atoms with E-state index < -0.39 is 11.7 Å². The van der Waals surface area contributed by atoms with Crippen molar-refractivity contribution in [1.29, 1.82) is 0 Å². The van der Waals surface area contributed by atoms with Gasteiger partial charge in [0.25, 0.3) is 0 Å². The topological polar surface area (TPSA) is 64.3 Å². The van der Waals surface area contributed by atoms with Gasteiger partial charge < -0.3 is 15.8 Å². The van der Waals surface area contributed by atoms with Crippen LogP contribution in [0.4, 0.5) is 4.79 Å². The number of rotatable bonds is 4. The Morgan fingerprint density at radius 1 is 1.35 bits per heavy atom. The molecule has 0 spiro atoms. The zero-order valence-corrected chi connectivity index (χ0v) is 13.1. The number of carbonyl (C=O) groups is 1. The average molecular weight is 278 g/mol. The largest absolute Gasteiger partial charge is 0.444 e. The predicted molar refractivity (Wildman–Crippen MR) is 81.6 cm³/mol. The summed E-state index contributed by atoms with van der Waals surface area (Å²) in [6.07, 6.45) is 0.426. The SMILES string of the molecule is C[C@H](N)Cc1cccc([C@@H](C)NC(=O)OC(C)(C)C)c1. The van der Waals surface area contributed by atoms with Crippen LogP contribution in [0.5, 0.6) is 0 Å². The van der Waals surface area contributed by atoms with E-state index in [0.29, 0.717) is 0 Å². The maximum absolute atomic E-state index is 11.8. The summed E-state index contributed by atoms with van der Waals surface area (Å²) >= 11 is 0. The molecule has 0 fully saturated rings. The maximum atomic E-state index is 11.8. The highest BCUT2D eigenvalue weighted by atomic mass is 16.6. The molecule has 1 rings (SSSR count). The van der Waals surface area contributed by atoms with E-state index in [1.54, 1.807) is 0 Å². The number of alkyl carbamates (subject to hydrolysis) is 1. The summed E-state index contributed by atoms with van der Waals surface area (Å²) in [5.41, 5.74) is 7.55. The Labute approximate surface area is 121 Å². The highest BCUT2D eigenvalue weighted by Crippen LogP contribution is 2.16. The van der Waals surface area contributed by atoms with E-state index >= 15 is 0 Å². The van der Waals surface area contributed by atoms with Crippen molar-refractivity contribution in [2.45, 2.75) is 58.7 Å². The van der Waals surface area contributed by atoms with Gasteiger partial charge in [-0.3, -0.25) is 0 Å². The van der Waals surface area contributed by atoms with Gasteiger partial charge in [0.2, 0.25) is 0 Å². The van der Waals surface area contributed by atoms with Crippen LogP contribution in [0, 0.1) is 0 Å². The molecule has 112 valence electrons. The number of benzene rings is 1. The lowest BCUT2D eigenvalue weighted by Gasteiger charge is -2.22. The van der Waals surface area contributed by atoms with E-state index in [0.717, 1.165) is 12.0 Å². The molecular weight excluding hydrogens is 252 g/mol. The standard InChI is InChI=1S/C16H26N2O2/c1-11(17)9-13-7-6-8-14(10-13)12(2)18-15(19)20-16(3,4)5/h6-8,10-12H,9,17H2,1-5H3,(H,18,19)/t11-,12+/m0/s1. The summed E-state index contributed by atoms with van der Waals surface area (Å²) in [5, 5.41) is 2.84. The van der Waals surface area contributed by atoms with Crippen LogP contribution < -0.4 is 11.1 Å². The minimum absolute atomic E-state index is 0.0992. The van der Waals surface area contributed by atoms with Crippen molar-refractivity contribution < 1.29 is 9.53 Å². The number of amides is 1. The van der Waals surface area contributed by atoms with E-state index in [1.165, 1.54) is 5.56 Å². The fraction of sp³-hybridized carbons (Fsp3) is 0.562. The molecule has 0 aromatic heterocycles. The van der Waals surface area contributed by atoms with Crippen LogP contribution in [-0.2, 0) is 11.2 Å². The molecule has 1 aromatic rings. The summed E-state index contributed by atoms with van der Waals surface area (Å²) in [7, 11) is 0. The molecule has 1 amide bonds. The van der Waals surface area contributed by atoms with Gasteiger partial charge in [-0.1, -0.05) is 24.3 Å². The Hall–Kier alpha value is -1.55. The van der Waals surface area contributed by atoms with Gasteiger partial charge in [0, 0.05) is 6.04 Å². The minimum atomic E-state index is -0.485. The zero-order chi connectivity index (χ0) is 15.3. The molecule has 20 heavy (non-hydrogen) atoms. The monoisotopic (exact) mass is 278 g/mol. The molecule has 0 bridgehead atoms. The van der Waals surface area contributed by atoms with Crippen LogP contribution in [0.3, 0.4) is 0 Å². The normalized spacial score (nSPS) is 14.5. The smallest absolute Gasteiger partial charge is 0.408 e. The lowest BCUT2D eigenvalue weighted by molar-refractivity contribution is 0.0508. The molecule has 0 unspecified atom stereocenters. The first-order valence-corrected chi connectivity index (χ1v) is 7.01. The van der Waals surface area contributed by atoms with Crippen LogP contribution in [0.2, 0.25) is 0 Å². The number of hydrogen-bond acceptors (Lipinski definition) is 3. The number of nitrogens with two attached hydrogens (primary N) is 1. The molecule has 3 N–H and O–H groups in total. The van der Waals surface area contributed by atoms with E-state index in [9.17, 15) is 4.79 Å². The number of carbonyl (C=O) groups excluding carboxylic acids is 1. The fourth-order valence-electron chi connectivity index (χ4n) is 1.93. The first kappa shape index (κ1) is 16.5. The summed E-state index contributed by atoms with van der Waals surface area (Å²) in [4.78, 5) is 11.8. The summed E-state index contributed by atoms with van der Waals surface area (Å²) in [6, 6.07) is 8.13. The number of hydrogen-bond donors (Lipinski definition) is 2. The van der Waals surface area contributed by atoms with Gasteiger partial charge in [-0.05, 0) is 52.2 Å². The van der Waals surface area contributed by atoms with Crippen LogP contribution in [-0.4, -0.2) is 17.7 Å². The second-order valence-corrected chi connectivity index (χ2v) is 6.29. The summed E-state index contributed by atoms with van der Waals surface area (Å²) in [6.45, 7) is 9.46.